The summed E-state index contributed by atoms with van der Waals surface area (Å²) in [6.45, 7) is 4.32. The Labute approximate surface area is 193 Å². The molecule has 1 fully saturated rings. The van der Waals surface area contributed by atoms with Crippen molar-refractivity contribution in [1.29, 1.82) is 0 Å². The molecule has 162 valence electrons. The van der Waals surface area contributed by atoms with E-state index in [9.17, 15) is 0 Å². The minimum absolute atomic E-state index is 0.216. The lowest BCUT2D eigenvalue weighted by molar-refractivity contribution is 0.346. The number of rotatable bonds is 0. The van der Waals surface area contributed by atoms with Crippen LogP contribution in [0.15, 0.2) is 119 Å². The summed E-state index contributed by atoms with van der Waals surface area (Å²) < 4.78 is 0. The molecular weight excluding hydrogens is 384 g/mol. The van der Waals surface area contributed by atoms with Crippen LogP contribution in [0.25, 0.3) is 0 Å². The van der Waals surface area contributed by atoms with Gasteiger partial charge in [-0.2, -0.15) is 0 Å². The van der Waals surface area contributed by atoms with Crippen molar-refractivity contribution in [3.63, 3.8) is 0 Å². The van der Waals surface area contributed by atoms with Crippen LogP contribution in [0, 0.1) is 0 Å². The molecule has 0 radical (unpaired) electrons. The van der Waals surface area contributed by atoms with E-state index >= 15 is 0 Å². The van der Waals surface area contributed by atoms with Crippen LogP contribution < -0.4 is 0 Å². The minimum atomic E-state index is 0.216. The van der Waals surface area contributed by atoms with Gasteiger partial charge in [0.2, 0.25) is 0 Å². The largest absolute Gasteiger partial charge is 0.0958 e. The fourth-order valence-electron chi connectivity index (χ4n) is 6.17. The summed E-state index contributed by atoms with van der Waals surface area (Å²) in [4.78, 5) is 0. The summed E-state index contributed by atoms with van der Waals surface area (Å²) in [5, 5.41) is 0. The molecule has 32 heavy (non-hydrogen) atoms. The molecular formula is C32H34. The maximum atomic E-state index is 4.32. The highest BCUT2D eigenvalue weighted by Gasteiger charge is 2.44. The van der Waals surface area contributed by atoms with Crippen LogP contribution in [0.2, 0.25) is 0 Å². The maximum absolute atomic E-state index is 4.32. The van der Waals surface area contributed by atoms with Crippen molar-refractivity contribution in [2.45, 2.75) is 63.2 Å². The van der Waals surface area contributed by atoms with Crippen LogP contribution in [-0.4, -0.2) is 0 Å². The first kappa shape index (κ1) is 21.0. The molecule has 0 aromatic heterocycles. The summed E-state index contributed by atoms with van der Waals surface area (Å²) in [5.74, 6) is 0. The molecule has 0 N–H and O–H groups in total. The van der Waals surface area contributed by atoms with Crippen molar-refractivity contribution >= 4 is 0 Å². The highest BCUT2D eigenvalue weighted by atomic mass is 14.5. The van der Waals surface area contributed by atoms with Crippen molar-refractivity contribution in [3.05, 3.63) is 131 Å². The number of fused-ring (bicyclic) bond motifs is 2. The summed E-state index contributed by atoms with van der Waals surface area (Å²) in [6.07, 6.45) is 33.1. The number of allylic oxidation sites excluding steroid dienone is 15. The lowest BCUT2D eigenvalue weighted by Crippen LogP contribution is -2.29. The molecule has 0 atom stereocenters. The monoisotopic (exact) mass is 418 g/mol. The Morgan fingerprint density at radius 1 is 0.750 bits per heavy atom. The molecule has 5 rings (SSSR count). The fourth-order valence-corrected chi connectivity index (χ4v) is 6.17. The van der Waals surface area contributed by atoms with E-state index in [1.807, 2.05) is 0 Å². The molecule has 0 heteroatoms. The second kappa shape index (κ2) is 9.33. The first-order valence-corrected chi connectivity index (χ1v) is 12.3. The molecule has 0 bridgehead atoms. The van der Waals surface area contributed by atoms with Gasteiger partial charge in [-0.25, -0.2) is 0 Å². The van der Waals surface area contributed by atoms with E-state index in [0.717, 1.165) is 25.7 Å². The summed E-state index contributed by atoms with van der Waals surface area (Å²) in [6, 6.07) is 9.27. The van der Waals surface area contributed by atoms with Gasteiger partial charge < -0.3 is 0 Å². The zero-order valence-corrected chi connectivity index (χ0v) is 19.2. The molecule has 0 amide bonds. The third kappa shape index (κ3) is 3.99. The van der Waals surface area contributed by atoms with Crippen molar-refractivity contribution in [2.75, 3.05) is 0 Å². The Morgan fingerprint density at radius 3 is 2.34 bits per heavy atom. The molecule has 4 aliphatic carbocycles. The first-order valence-electron chi connectivity index (χ1n) is 12.3. The van der Waals surface area contributed by atoms with Crippen LogP contribution in [0.5, 0.6) is 0 Å². The van der Waals surface area contributed by atoms with Gasteiger partial charge in [0.1, 0.15) is 0 Å². The molecule has 1 saturated carbocycles. The number of benzene rings is 1. The smallest absolute Gasteiger partial charge is 0.0177 e. The third-order valence-electron chi connectivity index (χ3n) is 7.73. The van der Waals surface area contributed by atoms with Crippen molar-refractivity contribution in [1.82, 2.24) is 0 Å². The lowest BCUT2D eigenvalue weighted by atomic mass is 9.66. The van der Waals surface area contributed by atoms with Crippen LogP contribution >= 0.6 is 0 Å². The Hall–Kier alpha value is -2.86. The molecule has 1 aromatic carbocycles. The van der Waals surface area contributed by atoms with E-state index in [-0.39, 0.29) is 5.41 Å². The van der Waals surface area contributed by atoms with Crippen molar-refractivity contribution in [3.8, 4) is 0 Å². The second-order valence-electron chi connectivity index (χ2n) is 9.63. The quantitative estimate of drug-likeness (QED) is 0.396. The Bertz CT molecular complexity index is 1100. The second-order valence-corrected chi connectivity index (χ2v) is 9.63. The molecule has 0 aliphatic heterocycles. The number of hydrogen-bond acceptors (Lipinski definition) is 0. The zero-order valence-electron chi connectivity index (χ0n) is 19.2. The Morgan fingerprint density at radius 2 is 1.53 bits per heavy atom. The minimum Gasteiger partial charge on any atom is -0.0958 e. The average molecular weight is 419 g/mol. The van der Waals surface area contributed by atoms with E-state index in [1.165, 1.54) is 54.4 Å². The molecule has 1 spiro atoms. The van der Waals surface area contributed by atoms with Crippen LogP contribution in [0.1, 0.15) is 62.5 Å². The third-order valence-corrected chi connectivity index (χ3v) is 7.73. The highest BCUT2D eigenvalue weighted by Crippen LogP contribution is 2.54. The first-order chi connectivity index (χ1) is 15.8. The molecule has 1 aromatic rings. The van der Waals surface area contributed by atoms with Crippen LogP contribution in [0.4, 0.5) is 0 Å². The van der Waals surface area contributed by atoms with Crippen LogP contribution in [-0.2, 0) is 11.8 Å². The SMILES string of the molecule is C=C1\C=C/C=C\C=C/C(=C2/Cc3ccccc3C23CCCCC3)C(=C2/C=CC=CC2)/CC1. The van der Waals surface area contributed by atoms with Gasteiger partial charge in [-0.3, -0.25) is 0 Å². The van der Waals surface area contributed by atoms with E-state index in [4.69, 9.17) is 0 Å². The standard InChI is InChI=1S/C32H34/c1-25-14-6-2-3-9-18-29(28(21-20-25)26-15-7-4-8-16-26)31-24-27-17-10-11-19-30(27)32(31)22-12-5-13-23-32/h2-4,6-11,14-15,17-19H,1,5,12-13,16,20-24H2/b3-2-,14-6-,18-9-,28-26-,31-29+. The Balaban J connectivity index is 1.74. The fraction of sp³-hybridized carbons (Fsp3) is 0.312. The summed E-state index contributed by atoms with van der Waals surface area (Å²) in [5.41, 5.74) is 10.7. The summed E-state index contributed by atoms with van der Waals surface area (Å²) in [7, 11) is 0. The molecule has 0 heterocycles. The molecule has 0 unspecified atom stereocenters. The lowest BCUT2D eigenvalue weighted by Gasteiger charge is -2.38. The highest BCUT2D eigenvalue weighted by molar-refractivity contribution is 5.61. The summed E-state index contributed by atoms with van der Waals surface area (Å²) >= 11 is 0. The van der Waals surface area contributed by atoms with E-state index < -0.39 is 0 Å². The molecule has 0 saturated heterocycles. The normalized spacial score (nSPS) is 30.1. The molecule has 4 aliphatic rings. The van der Waals surface area contributed by atoms with E-state index in [0.29, 0.717) is 0 Å². The van der Waals surface area contributed by atoms with Gasteiger partial charge in [-0.05, 0) is 71.9 Å². The average Bonchev–Trinajstić information content (AvgIpc) is 3.12. The maximum Gasteiger partial charge on any atom is 0.0177 e. The van der Waals surface area contributed by atoms with E-state index in [1.54, 1.807) is 16.7 Å². The topological polar surface area (TPSA) is 0 Å². The van der Waals surface area contributed by atoms with Gasteiger partial charge >= 0.3 is 0 Å². The predicted octanol–water partition coefficient (Wildman–Crippen LogP) is 8.57. The molecule has 0 nitrogen and oxygen atoms in total. The van der Waals surface area contributed by atoms with Crippen molar-refractivity contribution < 1.29 is 0 Å². The van der Waals surface area contributed by atoms with Gasteiger partial charge in [0.15, 0.2) is 0 Å². The van der Waals surface area contributed by atoms with E-state index in [2.05, 4.69) is 91.6 Å². The van der Waals surface area contributed by atoms with Crippen LogP contribution in [0.3, 0.4) is 0 Å². The Kier molecular flexibility index (Phi) is 6.12. The van der Waals surface area contributed by atoms with Gasteiger partial charge in [0, 0.05) is 5.41 Å². The predicted molar refractivity (Wildman–Crippen MR) is 138 cm³/mol. The van der Waals surface area contributed by atoms with Gasteiger partial charge in [-0.15, -0.1) is 0 Å². The van der Waals surface area contributed by atoms with Gasteiger partial charge in [0.05, 0.1) is 0 Å². The van der Waals surface area contributed by atoms with Gasteiger partial charge in [0.25, 0.3) is 0 Å². The van der Waals surface area contributed by atoms with Crippen molar-refractivity contribution in [2.24, 2.45) is 0 Å². The van der Waals surface area contributed by atoms with Gasteiger partial charge in [-0.1, -0.05) is 116 Å². The number of hydrogen-bond donors (Lipinski definition) is 0. The zero-order chi connectivity index (χ0) is 21.8.